The first-order chi connectivity index (χ1) is 9.22. The molecule has 2 aromatic carbocycles. The Bertz CT molecular complexity index is 578. The molecule has 0 radical (unpaired) electrons. The standard InChI is InChI=1S/C16H17IN2/c17-14-6-4-12(5-7-14)10-19-9-8-13-2-1-3-16(18)15(13)11-19/h1-7H,8-11,18H2. The summed E-state index contributed by atoms with van der Waals surface area (Å²) in [4.78, 5) is 2.47. The summed E-state index contributed by atoms with van der Waals surface area (Å²) in [5.41, 5.74) is 11.1. The van der Waals surface area contributed by atoms with Gasteiger partial charge >= 0.3 is 0 Å². The van der Waals surface area contributed by atoms with Gasteiger partial charge in [0.25, 0.3) is 0 Å². The summed E-state index contributed by atoms with van der Waals surface area (Å²) in [7, 11) is 0. The van der Waals surface area contributed by atoms with E-state index in [4.69, 9.17) is 5.73 Å². The van der Waals surface area contributed by atoms with Crippen molar-refractivity contribution in [3.8, 4) is 0 Å². The highest BCUT2D eigenvalue weighted by Crippen LogP contribution is 2.25. The molecule has 2 nitrogen and oxygen atoms in total. The number of nitrogen functional groups attached to an aromatic ring is 1. The number of nitrogens with two attached hydrogens (primary N) is 1. The first-order valence-corrected chi connectivity index (χ1v) is 7.63. The van der Waals surface area contributed by atoms with Crippen LogP contribution in [0.15, 0.2) is 42.5 Å². The zero-order valence-corrected chi connectivity index (χ0v) is 12.9. The Balaban J connectivity index is 1.75. The highest BCUT2D eigenvalue weighted by atomic mass is 127. The van der Waals surface area contributed by atoms with Gasteiger partial charge < -0.3 is 5.73 Å². The van der Waals surface area contributed by atoms with Crippen molar-refractivity contribution in [2.24, 2.45) is 0 Å². The molecule has 0 unspecified atom stereocenters. The number of rotatable bonds is 2. The molecule has 0 saturated heterocycles. The van der Waals surface area contributed by atoms with Crippen LogP contribution in [0.5, 0.6) is 0 Å². The molecule has 0 fully saturated rings. The van der Waals surface area contributed by atoms with Gasteiger partial charge in [-0.1, -0.05) is 24.3 Å². The van der Waals surface area contributed by atoms with Crippen LogP contribution in [0.1, 0.15) is 16.7 Å². The molecule has 2 aromatic rings. The summed E-state index contributed by atoms with van der Waals surface area (Å²) >= 11 is 2.34. The lowest BCUT2D eigenvalue weighted by Crippen LogP contribution is -2.30. The van der Waals surface area contributed by atoms with Crippen LogP contribution in [0.25, 0.3) is 0 Å². The highest BCUT2D eigenvalue weighted by molar-refractivity contribution is 14.1. The molecule has 0 bridgehead atoms. The molecule has 0 atom stereocenters. The minimum absolute atomic E-state index is 0.935. The van der Waals surface area contributed by atoms with E-state index in [9.17, 15) is 0 Å². The normalized spacial score (nSPS) is 15.2. The smallest absolute Gasteiger partial charge is 0.0362 e. The predicted molar refractivity (Wildman–Crippen MR) is 87.8 cm³/mol. The lowest BCUT2D eigenvalue weighted by molar-refractivity contribution is 0.246. The average Bonchev–Trinajstić information content (AvgIpc) is 2.42. The van der Waals surface area contributed by atoms with E-state index in [0.717, 1.165) is 31.7 Å². The summed E-state index contributed by atoms with van der Waals surface area (Å²) < 4.78 is 1.29. The lowest BCUT2D eigenvalue weighted by Gasteiger charge is -2.29. The summed E-state index contributed by atoms with van der Waals surface area (Å²) in [5, 5.41) is 0. The van der Waals surface area contributed by atoms with Crippen LogP contribution < -0.4 is 5.73 Å². The second kappa shape index (κ2) is 5.51. The van der Waals surface area contributed by atoms with Crippen LogP contribution in [0, 0.1) is 3.57 Å². The third kappa shape index (κ3) is 2.92. The molecule has 0 aliphatic carbocycles. The van der Waals surface area contributed by atoms with Crippen molar-refractivity contribution < 1.29 is 0 Å². The van der Waals surface area contributed by atoms with Gasteiger partial charge in [0.05, 0.1) is 0 Å². The van der Waals surface area contributed by atoms with Crippen molar-refractivity contribution in [1.29, 1.82) is 0 Å². The van der Waals surface area contributed by atoms with E-state index in [1.165, 1.54) is 20.3 Å². The molecular weight excluding hydrogens is 347 g/mol. The lowest BCUT2D eigenvalue weighted by atomic mass is 9.98. The molecule has 98 valence electrons. The summed E-state index contributed by atoms with van der Waals surface area (Å²) in [6, 6.07) is 15.0. The van der Waals surface area contributed by atoms with Crippen molar-refractivity contribution >= 4 is 28.3 Å². The number of fused-ring (bicyclic) bond motifs is 1. The first kappa shape index (κ1) is 12.9. The highest BCUT2D eigenvalue weighted by Gasteiger charge is 2.17. The third-order valence-electron chi connectivity index (χ3n) is 3.71. The van der Waals surface area contributed by atoms with Crippen molar-refractivity contribution in [3.05, 3.63) is 62.7 Å². The van der Waals surface area contributed by atoms with Crippen LogP contribution in [0.2, 0.25) is 0 Å². The Hall–Kier alpha value is -1.07. The van der Waals surface area contributed by atoms with E-state index in [0.29, 0.717) is 0 Å². The van der Waals surface area contributed by atoms with Gasteiger partial charge in [-0.15, -0.1) is 0 Å². The van der Waals surface area contributed by atoms with E-state index in [2.05, 4.69) is 63.9 Å². The Morgan fingerprint density at radius 1 is 1.11 bits per heavy atom. The van der Waals surface area contributed by atoms with Gasteiger partial charge in [0.2, 0.25) is 0 Å². The number of nitrogens with zero attached hydrogens (tertiary/aromatic N) is 1. The van der Waals surface area contributed by atoms with Gasteiger partial charge in [0, 0.05) is 28.9 Å². The maximum atomic E-state index is 6.09. The zero-order chi connectivity index (χ0) is 13.2. The SMILES string of the molecule is Nc1cccc2c1CN(Cc1ccc(I)cc1)CC2. The number of halogens is 1. The van der Waals surface area contributed by atoms with Gasteiger partial charge in [-0.2, -0.15) is 0 Å². The molecule has 0 aromatic heterocycles. The van der Waals surface area contributed by atoms with Crippen LogP contribution in [0.3, 0.4) is 0 Å². The third-order valence-corrected chi connectivity index (χ3v) is 4.43. The molecule has 19 heavy (non-hydrogen) atoms. The largest absolute Gasteiger partial charge is 0.398 e. The van der Waals surface area contributed by atoms with Gasteiger partial charge in [-0.05, 0) is 63.9 Å². The number of hydrogen-bond acceptors (Lipinski definition) is 2. The van der Waals surface area contributed by atoms with Crippen LogP contribution in [-0.4, -0.2) is 11.4 Å². The Morgan fingerprint density at radius 2 is 1.89 bits per heavy atom. The molecule has 1 heterocycles. The fourth-order valence-electron chi connectivity index (χ4n) is 2.65. The average molecular weight is 364 g/mol. The Morgan fingerprint density at radius 3 is 2.68 bits per heavy atom. The Labute approximate surface area is 127 Å². The van der Waals surface area contributed by atoms with Crippen molar-refractivity contribution in [1.82, 2.24) is 4.90 Å². The molecule has 3 heteroatoms. The minimum atomic E-state index is 0.935. The molecule has 0 amide bonds. The number of benzene rings is 2. The molecule has 3 rings (SSSR count). The monoisotopic (exact) mass is 364 g/mol. The van der Waals surface area contributed by atoms with Gasteiger partial charge in [-0.25, -0.2) is 0 Å². The molecule has 0 spiro atoms. The second-order valence-electron chi connectivity index (χ2n) is 5.07. The Kier molecular flexibility index (Phi) is 3.75. The molecule has 1 aliphatic heterocycles. The molecule has 0 saturated carbocycles. The van der Waals surface area contributed by atoms with Crippen LogP contribution >= 0.6 is 22.6 Å². The molecule has 2 N–H and O–H groups in total. The topological polar surface area (TPSA) is 29.3 Å². The number of anilines is 1. The van der Waals surface area contributed by atoms with Crippen molar-refractivity contribution in [2.45, 2.75) is 19.5 Å². The molecule has 1 aliphatic rings. The fourth-order valence-corrected chi connectivity index (χ4v) is 3.01. The molecular formula is C16H17IN2. The van der Waals surface area contributed by atoms with Gasteiger partial charge in [-0.3, -0.25) is 4.90 Å². The van der Waals surface area contributed by atoms with E-state index < -0.39 is 0 Å². The van der Waals surface area contributed by atoms with E-state index in [1.807, 2.05) is 6.07 Å². The second-order valence-corrected chi connectivity index (χ2v) is 6.32. The van der Waals surface area contributed by atoms with Gasteiger partial charge in [0.1, 0.15) is 0 Å². The predicted octanol–water partition coefficient (Wildman–Crippen LogP) is 3.43. The van der Waals surface area contributed by atoms with E-state index >= 15 is 0 Å². The maximum Gasteiger partial charge on any atom is 0.0362 e. The number of hydrogen-bond donors (Lipinski definition) is 1. The minimum Gasteiger partial charge on any atom is -0.398 e. The summed E-state index contributed by atoms with van der Waals surface area (Å²) in [5.74, 6) is 0. The maximum absolute atomic E-state index is 6.09. The van der Waals surface area contributed by atoms with Crippen LogP contribution in [-0.2, 0) is 19.5 Å². The quantitative estimate of drug-likeness (QED) is 0.654. The fraction of sp³-hybridized carbons (Fsp3) is 0.250. The van der Waals surface area contributed by atoms with Gasteiger partial charge in [0.15, 0.2) is 0 Å². The zero-order valence-electron chi connectivity index (χ0n) is 10.8. The van der Waals surface area contributed by atoms with E-state index in [1.54, 1.807) is 0 Å². The van der Waals surface area contributed by atoms with Crippen LogP contribution in [0.4, 0.5) is 5.69 Å². The summed E-state index contributed by atoms with van der Waals surface area (Å²) in [6.45, 7) is 3.08. The summed E-state index contributed by atoms with van der Waals surface area (Å²) in [6.07, 6.45) is 1.10. The van der Waals surface area contributed by atoms with Crippen molar-refractivity contribution in [3.63, 3.8) is 0 Å². The first-order valence-electron chi connectivity index (χ1n) is 6.55. The van der Waals surface area contributed by atoms with Crippen molar-refractivity contribution in [2.75, 3.05) is 12.3 Å². The van der Waals surface area contributed by atoms with E-state index in [-0.39, 0.29) is 0 Å².